The Morgan fingerprint density at radius 2 is 2.00 bits per heavy atom. The number of hydrogen-bond donors (Lipinski definition) is 0. The number of aryl methyl sites for hydroxylation is 2. The number of likely N-dealkylation sites (tertiary alicyclic amines) is 1. The fraction of sp³-hybridized carbons (Fsp3) is 0.714. The highest BCUT2D eigenvalue weighted by molar-refractivity contribution is 7.22. The number of hydrogen-bond acceptors (Lipinski definition) is 5. The summed E-state index contributed by atoms with van der Waals surface area (Å²) >= 11 is 1.80. The Morgan fingerprint density at radius 1 is 1.20 bits per heavy atom. The van der Waals surface area contributed by atoms with Gasteiger partial charge in [-0.25, -0.2) is 9.67 Å². The number of fused-ring (bicyclic) bond motifs is 1. The highest BCUT2D eigenvalue weighted by Gasteiger charge is 2.31. The zero-order valence-corrected chi connectivity index (χ0v) is 13.0. The number of nitrogens with zero attached hydrogens (tertiary/aromatic N) is 5. The summed E-state index contributed by atoms with van der Waals surface area (Å²) in [5.74, 6) is 0. The standard InChI is InChI=1S/C14H21N5S/c1-10-12-13(17(2)16-10)15-14(20-12)19-8-5-11(9-19)18-6-3-4-7-18/h11H,3-9H2,1-2H3. The molecule has 2 aliphatic rings. The van der Waals surface area contributed by atoms with E-state index >= 15 is 0 Å². The second-order valence-electron chi connectivity index (χ2n) is 5.99. The molecule has 20 heavy (non-hydrogen) atoms. The van der Waals surface area contributed by atoms with Crippen LogP contribution in [0.1, 0.15) is 25.0 Å². The van der Waals surface area contributed by atoms with Gasteiger partial charge in [0, 0.05) is 26.2 Å². The third-order valence-electron chi connectivity index (χ3n) is 4.62. The Kier molecular flexibility index (Phi) is 2.96. The van der Waals surface area contributed by atoms with Crippen LogP contribution in [0.15, 0.2) is 0 Å². The van der Waals surface area contributed by atoms with E-state index in [0.29, 0.717) is 0 Å². The molecule has 1 atom stereocenters. The van der Waals surface area contributed by atoms with Crippen LogP contribution in [0.25, 0.3) is 10.3 Å². The van der Waals surface area contributed by atoms with Gasteiger partial charge in [-0.3, -0.25) is 4.90 Å². The molecule has 0 N–H and O–H groups in total. The van der Waals surface area contributed by atoms with E-state index in [4.69, 9.17) is 4.98 Å². The normalized spacial score (nSPS) is 24.3. The Hall–Kier alpha value is -1.14. The van der Waals surface area contributed by atoms with Gasteiger partial charge in [-0.15, -0.1) is 0 Å². The van der Waals surface area contributed by atoms with Gasteiger partial charge in [0.05, 0.1) is 10.4 Å². The van der Waals surface area contributed by atoms with Gasteiger partial charge in [-0.05, 0) is 39.3 Å². The molecule has 0 aliphatic carbocycles. The Balaban J connectivity index is 1.56. The molecular weight excluding hydrogens is 270 g/mol. The summed E-state index contributed by atoms with van der Waals surface area (Å²) in [6, 6.07) is 0.740. The van der Waals surface area contributed by atoms with Crippen molar-refractivity contribution in [1.29, 1.82) is 0 Å². The van der Waals surface area contributed by atoms with Crippen LogP contribution in [0, 0.1) is 6.92 Å². The van der Waals surface area contributed by atoms with Crippen molar-refractivity contribution in [3.8, 4) is 0 Å². The van der Waals surface area contributed by atoms with E-state index in [9.17, 15) is 0 Å². The summed E-state index contributed by atoms with van der Waals surface area (Å²) in [6.07, 6.45) is 4.04. The van der Waals surface area contributed by atoms with Crippen LogP contribution in [0.2, 0.25) is 0 Å². The summed E-state index contributed by atoms with van der Waals surface area (Å²) in [5, 5.41) is 5.61. The second-order valence-corrected chi connectivity index (χ2v) is 6.97. The van der Waals surface area contributed by atoms with Crippen LogP contribution in [-0.4, -0.2) is 51.9 Å². The molecule has 0 saturated carbocycles. The third-order valence-corrected chi connectivity index (χ3v) is 5.84. The van der Waals surface area contributed by atoms with Crippen LogP contribution in [-0.2, 0) is 7.05 Å². The first kappa shape index (κ1) is 12.6. The predicted molar refractivity (Wildman–Crippen MR) is 82.5 cm³/mol. The Labute approximate surface area is 123 Å². The fourth-order valence-corrected chi connectivity index (χ4v) is 4.60. The van der Waals surface area contributed by atoms with Gasteiger partial charge in [0.2, 0.25) is 0 Å². The minimum Gasteiger partial charge on any atom is -0.346 e. The van der Waals surface area contributed by atoms with Gasteiger partial charge >= 0.3 is 0 Å². The predicted octanol–water partition coefficient (Wildman–Crippen LogP) is 2.01. The maximum atomic E-state index is 4.80. The number of anilines is 1. The molecule has 2 aromatic rings. The average molecular weight is 291 g/mol. The summed E-state index contributed by atoms with van der Waals surface area (Å²) < 4.78 is 3.14. The van der Waals surface area contributed by atoms with Crippen molar-refractivity contribution >= 4 is 26.8 Å². The van der Waals surface area contributed by atoms with Gasteiger partial charge < -0.3 is 4.90 Å². The molecule has 108 valence electrons. The Bertz CT molecular complexity index is 590. The van der Waals surface area contributed by atoms with Crippen LogP contribution in [0.5, 0.6) is 0 Å². The zero-order valence-electron chi connectivity index (χ0n) is 12.2. The molecule has 4 heterocycles. The molecule has 0 spiro atoms. The van der Waals surface area contributed by atoms with E-state index in [0.717, 1.165) is 30.5 Å². The minimum atomic E-state index is 0.740. The summed E-state index contributed by atoms with van der Waals surface area (Å²) in [6.45, 7) is 6.95. The monoisotopic (exact) mass is 291 g/mol. The molecule has 0 radical (unpaired) electrons. The fourth-order valence-electron chi connectivity index (χ4n) is 3.53. The first-order valence-electron chi connectivity index (χ1n) is 7.51. The molecule has 0 bridgehead atoms. The van der Waals surface area contributed by atoms with Gasteiger partial charge in [-0.2, -0.15) is 5.10 Å². The zero-order chi connectivity index (χ0) is 13.7. The number of rotatable bonds is 2. The number of thiazole rings is 1. The molecule has 1 unspecified atom stereocenters. The topological polar surface area (TPSA) is 37.2 Å². The smallest absolute Gasteiger partial charge is 0.188 e. The molecule has 0 amide bonds. The van der Waals surface area contributed by atoms with Crippen molar-refractivity contribution in [2.24, 2.45) is 7.05 Å². The van der Waals surface area contributed by atoms with Crippen LogP contribution in [0.3, 0.4) is 0 Å². The van der Waals surface area contributed by atoms with Crippen molar-refractivity contribution in [3.63, 3.8) is 0 Å². The number of aromatic nitrogens is 3. The maximum Gasteiger partial charge on any atom is 0.188 e. The van der Waals surface area contributed by atoms with Crippen molar-refractivity contribution < 1.29 is 0 Å². The molecule has 2 aliphatic heterocycles. The van der Waals surface area contributed by atoms with Crippen LogP contribution < -0.4 is 4.90 Å². The summed E-state index contributed by atoms with van der Waals surface area (Å²) in [5.41, 5.74) is 2.13. The van der Waals surface area contributed by atoms with Gasteiger partial charge in [0.1, 0.15) is 0 Å². The molecule has 2 aromatic heterocycles. The van der Waals surface area contributed by atoms with Crippen molar-refractivity contribution in [2.45, 2.75) is 32.2 Å². The quantitative estimate of drug-likeness (QED) is 0.848. The van der Waals surface area contributed by atoms with Gasteiger partial charge in [-0.1, -0.05) is 11.3 Å². The lowest BCUT2D eigenvalue weighted by atomic mass is 10.2. The lowest BCUT2D eigenvalue weighted by molar-refractivity contribution is 0.260. The highest BCUT2D eigenvalue weighted by Crippen LogP contribution is 2.33. The van der Waals surface area contributed by atoms with Crippen LogP contribution in [0.4, 0.5) is 5.13 Å². The molecule has 2 fully saturated rings. The first-order valence-corrected chi connectivity index (χ1v) is 8.33. The minimum absolute atomic E-state index is 0.740. The summed E-state index contributed by atoms with van der Waals surface area (Å²) in [7, 11) is 1.98. The Morgan fingerprint density at radius 3 is 2.75 bits per heavy atom. The molecule has 2 saturated heterocycles. The van der Waals surface area contributed by atoms with Gasteiger partial charge in [0.15, 0.2) is 10.8 Å². The van der Waals surface area contributed by atoms with Crippen molar-refractivity contribution in [1.82, 2.24) is 19.7 Å². The van der Waals surface area contributed by atoms with Crippen LogP contribution >= 0.6 is 11.3 Å². The molecular formula is C14H21N5S. The van der Waals surface area contributed by atoms with E-state index in [1.54, 1.807) is 11.3 Å². The molecule has 0 aromatic carbocycles. The first-order chi connectivity index (χ1) is 9.72. The van der Waals surface area contributed by atoms with E-state index in [2.05, 4.69) is 21.8 Å². The lowest BCUT2D eigenvalue weighted by Crippen LogP contribution is -2.35. The molecule has 6 heteroatoms. The van der Waals surface area contributed by atoms with E-state index < -0.39 is 0 Å². The van der Waals surface area contributed by atoms with Gasteiger partial charge in [0.25, 0.3) is 0 Å². The summed E-state index contributed by atoms with van der Waals surface area (Å²) in [4.78, 5) is 9.93. The largest absolute Gasteiger partial charge is 0.346 e. The van der Waals surface area contributed by atoms with E-state index in [-0.39, 0.29) is 0 Å². The lowest BCUT2D eigenvalue weighted by Gasteiger charge is -2.23. The molecule has 5 nitrogen and oxygen atoms in total. The van der Waals surface area contributed by atoms with Crippen molar-refractivity contribution in [3.05, 3.63) is 5.69 Å². The average Bonchev–Trinajstić information content (AvgIpc) is 3.17. The van der Waals surface area contributed by atoms with E-state index in [1.165, 1.54) is 42.2 Å². The SMILES string of the molecule is Cc1nn(C)c2nc(N3CCC(N4CCCC4)C3)sc12. The van der Waals surface area contributed by atoms with E-state index in [1.807, 2.05) is 11.7 Å². The third kappa shape index (κ3) is 1.93. The second kappa shape index (κ2) is 4.70. The highest BCUT2D eigenvalue weighted by atomic mass is 32.1. The molecule has 4 rings (SSSR count). The van der Waals surface area contributed by atoms with Crippen molar-refractivity contribution in [2.75, 3.05) is 31.1 Å². The maximum absolute atomic E-state index is 4.80.